The lowest BCUT2D eigenvalue weighted by molar-refractivity contribution is -0.144. The van der Waals surface area contributed by atoms with Crippen LogP contribution >= 0.6 is 11.3 Å². The number of aryl methyl sites for hydroxylation is 1. The number of amides is 3. The molecule has 8 nitrogen and oxygen atoms in total. The minimum absolute atomic E-state index is 0.0684. The van der Waals surface area contributed by atoms with Crippen molar-refractivity contribution in [3.05, 3.63) is 41.0 Å². The molecule has 3 N–H and O–H groups in total. The second-order valence-corrected chi connectivity index (χ2v) is 12.0. The molecule has 1 saturated carbocycles. The van der Waals surface area contributed by atoms with Crippen molar-refractivity contribution in [2.75, 3.05) is 6.54 Å². The fourth-order valence-corrected chi connectivity index (χ4v) is 5.99. The molecule has 3 amide bonds. The summed E-state index contributed by atoms with van der Waals surface area (Å²) in [5, 5.41) is 16.4. The fourth-order valence-electron chi connectivity index (χ4n) is 5.18. The number of nitrogens with one attached hydrogen (secondary N) is 2. The van der Waals surface area contributed by atoms with Gasteiger partial charge in [0, 0.05) is 19.9 Å². The molecule has 2 aromatic rings. The fraction of sp³-hybridized carbons (Fsp3) is 0.556. The molecule has 2 fully saturated rings. The van der Waals surface area contributed by atoms with Gasteiger partial charge < -0.3 is 20.6 Å². The van der Waals surface area contributed by atoms with E-state index in [0.29, 0.717) is 0 Å². The van der Waals surface area contributed by atoms with E-state index in [9.17, 15) is 19.5 Å². The third-order valence-electron chi connectivity index (χ3n) is 7.34. The number of carbonyl (C=O) groups excluding carboxylic acids is 3. The van der Waals surface area contributed by atoms with Crippen LogP contribution in [0, 0.1) is 12.3 Å². The van der Waals surface area contributed by atoms with Crippen molar-refractivity contribution in [1.29, 1.82) is 0 Å². The van der Waals surface area contributed by atoms with E-state index in [0.717, 1.165) is 41.0 Å². The Kier molecular flexibility index (Phi) is 7.26. The van der Waals surface area contributed by atoms with E-state index < -0.39 is 29.1 Å². The topological polar surface area (TPSA) is 112 Å². The van der Waals surface area contributed by atoms with E-state index in [1.165, 1.54) is 11.8 Å². The second kappa shape index (κ2) is 9.94. The molecule has 1 aliphatic carbocycles. The van der Waals surface area contributed by atoms with Gasteiger partial charge in [0.2, 0.25) is 17.7 Å². The van der Waals surface area contributed by atoms with Crippen LogP contribution in [0.4, 0.5) is 0 Å². The van der Waals surface area contributed by atoms with Crippen molar-refractivity contribution in [2.24, 2.45) is 5.41 Å². The minimum atomic E-state index is -0.795. The highest BCUT2D eigenvalue weighted by molar-refractivity contribution is 7.13. The number of hydrogen-bond acceptors (Lipinski definition) is 6. The molecule has 194 valence electrons. The molecular formula is C27H36N4O4S. The second-order valence-electron chi connectivity index (χ2n) is 11.2. The Hall–Kier alpha value is -2.78. The average Bonchev–Trinajstić information content (AvgIpc) is 3.39. The molecule has 4 rings (SSSR count). The monoisotopic (exact) mass is 512 g/mol. The highest BCUT2D eigenvalue weighted by atomic mass is 32.1. The van der Waals surface area contributed by atoms with Gasteiger partial charge in [-0.15, -0.1) is 11.3 Å². The van der Waals surface area contributed by atoms with Crippen molar-refractivity contribution in [1.82, 2.24) is 20.5 Å². The maximum Gasteiger partial charge on any atom is 0.246 e. The summed E-state index contributed by atoms with van der Waals surface area (Å²) in [6.45, 7) is 9.04. The predicted octanol–water partition coefficient (Wildman–Crippen LogP) is 3.13. The lowest BCUT2D eigenvalue weighted by atomic mass is 9.71. The number of rotatable bonds is 6. The van der Waals surface area contributed by atoms with Crippen LogP contribution in [0.15, 0.2) is 29.8 Å². The standard InChI is InChI=1S/C27H36N4O4S/c1-16-22(36-15-28-16)18-7-9-19(10-8-18)27(11-6-12-27)30-24(34)21-13-20(33)14-31(21)25(35)23(26(3,4)5)29-17(2)32/h7-10,15,20-21,23,33H,6,11-14H2,1-5H3,(H,29,32)(H,30,34)/t20-,21+,23-/m1/s1. The molecular weight excluding hydrogens is 476 g/mol. The molecule has 36 heavy (non-hydrogen) atoms. The minimum Gasteiger partial charge on any atom is -0.391 e. The summed E-state index contributed by atoms with van der Waals surface area (Å²) in [6.07, 6.45) is 2.02. The molecule has 0 bridgehead atoms. The Morgan fingerprint density at radius 3 is 2.36 bits per heavy atom. The zero-order chi connectivity index (χ0) is 26.3. The first-order valence-corrected chi connectivity index (χ1v) is 13.4. The van der Waals surface area contributed by atoms with Crippen molar-refractivity contribution < 1.29 is 19.5 Å². The van der Waals surface area contributed by atoms with E-state index in [4.69, 9.17) is 0 Å². The van der Waals surface area contributed by atoms with Crippen LogP contribution in [0.1, 0.15) is 64.6 Å². The summed E-state index contributed by atoms with van der Waals surface area (Å²) in [6, 6.07) is 6.68. The van der Waals surface area contributed by atoms with Crippen molar-refractivity contribution in [2.45, 2.75) is 84.0 Å². The zero-order valence-corrected chi connectivity index (χ0v) is 22.4. The first kappa shape index (κ1) is 26.3. The summed E-state index contributed by atoms with van der Waals surface area (Å²) in [5.74, 6) is -0.923. The quantitative estimate of drug-likeness (QED) is 0.551. The van der Waals surface area contributed by atoms with Gasteiger partial charge in [0.1, 0.15) is 12.1 Å². The van der Waals surface area contributed by atoms with Crippen LogP contribution in [0.25, 0.3) is 10.4 Å². The molecule has 2 aliphatic rings. The molecule has 1 aromatic heterocycles. The van der Waals surface area contributed by atoms with Crippen molar-refractivity contribution in [3.8, 4) is 10.4 Å². The van der Waals surface area contributed by atoms with E-state index >= 15 is 0 Å². The number of hydrogen-bond donors (Lipinski definition) is 3. The Labute approximate surface area is 216 Å². The highest BCUT2D eigenvalue weighted by Crippen LogP contribution is 2.42. The largest absolute Gasteiger partial charge is 0.391 e. The van der Waals surface area contributed by atoms with Crippen molar-refractivity contribution in [3.63, 3.8) is 0 Å². The molecule has 1 aromatic carbocycles. The molecule has 9 heteroatoms. The summed E-state index contributed by atoms with van der Waals surface area (Å²) in [5.41, 5.74) is 3.94. The Bertz CT molecular complexity index is 1130. The van der Waals surface area contributed by atoms with Crippen LogP contribution in [0.2, 0.25) is 0 Å². The normalized spacial score (nSPS) is 22.0. The first-order valence-electron chi connectivity index (χ1n) is 12.5. The third-order valence-corrected chi connectivity index (χ3v) is 8.32. The molecule has 3 atom stereocenters. The number of carbonyl (C=O) groups is 3. The highest BCUT2D eigenvalue weighted by Gasteiger charge is 2.47. The van der Waals surface area contributed by atoms with Crippen LogP contribution < -0.4 is 10.6 Å². The summed E-state index contributed by atoms with van der Waals surface area (Å²) < 4.78 is 0. The van der Waals surface area contributed by atoms with Gasteiger partial charge >= 0.3 is 0 Å². The third kappa shape index (κ3) is 5.18. The summed E-state index contributed by atoms with van der Waals surface area (Å²) in [7, 11) is 0. The van der Waals surface area contributed by atoms with E-state index in [-0.39, 0.29) is 30.7 Å². The van der Waals surface area contributed by atoms with Gasteiger partial charge in [-0.25, -0.2) is 4.98 Å². The lowest BCUT2D eigenvalue weighted by Crippen LogP contribution is -2.60. The van der Waals surface area contributed by atoms with E-state index in [1.807, 2.05) is 33.2 Å². The van der Waals surface area contributed by atoms with E-state index in [1.54, 1.807) is 11.3 Å². The lowest BCUT2D eigenvalue weighted by Gasteiger charge is -2.44. The number of β-amino-alcohol motifs (C(OH)–C–C–N with tert-alkyl or cyclic N) is 1. The SMILES string of the molecule is CC(=O)N[C@H](C(=O)N1C[C@H](O)C[C@H]1C(=O)NC1(c2ccc(-c3scnc3C)cc2)CCC1)C(C)(C)C. The molecule has 0 spiro atoms. The van der Waals surface area contributed by atoms with Crippen molar-refractivity contribution >= 4 is 29.1 Å². The summed E-state index contributed by atoms with van der Waals surface area (Å²) >= 11 is 1.61. The maximum absolute atomic E-state index is 13.6. The molecule has 0 unspecified atom stereocenters. The number of benzene rings is 1. The van der Waals surface area contributed by atoms with Gasteiger partial charge in [-0.05, 0) is 42.7 Å². The van der Waals surface area contributed by atoms with Crippen LogP contribution in [0.5, 0.6) is 0 Å². The number of aliphatic hydroxyl groups excluding tert-OH is 1. The first-order chi connectivity index (χ1) is 16.9. The van der Waals surface area contributed by atoms with Gasteiger partial charge in [0.15, 0.2) is 0 Å². The smallest absolute Gasteiger partial charge is 0.246 e. The van der Waals surface area contributed by atoms with Crippen LogP contribution in [-0.4, -0.2) is 57.4 Å². The number of nitrogens with zero attached hydrogens (tertiary/aromatic N) is 2. The Morgan fingerprint density at radius 2 is 1.86 bits per heavy atom. The van der Waals surface area contributed by atoms with Gasteiger partial charge in [-0.3, -0.25) is 14.4 Å². The number of aliphatic hydroxyl groups is 1. The van der Waals surface area contributed by atoms with Gasteiger partial charge in [-0.1, -0.05) is 45.0 Å². The van der Waals surface area contributed by atoms with Crippen LogP contribution in [0.3, 0.4) is 0 Å². The molecule has 1 saturated heterocycles. The predicted molar refractivity (Wildman–Crippen MR) is 139 cm³/mol. The van der Waals surface area contributed by atoms with E-state index in [2.05, 4.69) is 39.9 Å². The number of thiazole rings is 1. The Morgan fingerprint density at radius 1 is 1.19 bits per heavy atom. The van der Waals surface area contributed by atoms with Gasteiger partial charge in [0.25, 0.3) is 0 Å². The maximum atomic E-state index is 13.6. The molecule has 0 radical (unpaired) electrons. The molecule has 2 heterocycles. The molecule has 1 aliphatic heterocycles. The zero-order valence-electron chi connectivity index (χ0n) is 21.6. The number of likely N-dealkylation sites (tertiary alicyclic amines) is 1. The Balaban J connectivity index is 1.53. The number of aromatic nitrogens is 1. The summed E-state index contributed by atoms with van der Waals surface area (Å²) in [4.78, 5) is 45.8. The van der Waals surface area contributed by atoms with Gasteiger partial charge in [-0.2, -0.15) is 0 Å². The van der Waals surface area contributed by atoms with Gasteiger partial charge in [0.05, 0.1) is 27.7 Å². The average molecular weight is 513 g/mol. The van der Waals surface area contributed by atoms with Crippen LogP contribution in [-0.2, 0) is 19.9 Å².